The summed E-state index contributed by atoms with van der Waals surface area (Å²) in [5.74, 6) is -0.209. The summed E-state index contributed by atoms with van der Waals surface area (Å²) in [6.07, 6.45) is 0.725. The number of hydrogen-bond acceptors (Lipinski definition) is 49. The second-order valence-corrected chi connectivity index (χ2v) is 31.5. The highest BCUT2D eigenvalue weighted by molar-refractivity contribution is 5.75. The molecular formula is C101H202O49. The van der Waals surface area contributed by atoms with Crippen LogP contribution in [0, 0.1) is 5.41 Å². The fraction of sp³-hybridized carbons (Fsp3) is 0.990. The first-order valence-corrected chi connectivity index (χ1v) is 53.8. The third-order valence-electron chi connectivity index (χ3n) is 19.1. The molecular weight excluding hydrogens is 2000 g/mol. The molecule has 0 aromatic rings. The van der Waals surface area contributed by atoms with Crippen LogP contribution in [-0.4, -0.2) is 634 Å². The summed E-state index contributed by atoms with van der Waals surface area (Å²) in [7, 11) is 1.64. The zero-order chi connectivity index (χ0) is 107. The SMILES string of the molecule is CCC(C)(C)C(=O)OCCOCCOCCOCCOCCOCCOCCOCCOCCOCCOCCOCCOCCOCCOCCOCCOCCOCCOCCOCCOCCOCCOCCOCCOCCOCCOCCOCCOCCOCCOCCOCCOCCOCCOCCOCCOCCOCCOCCOCCOCCOCCOCCOCCOCCOCCOCCOC. The van der Waals surface area contributed by atoms with Crippen molar-refractivity contribution in [2.45, 2.75) is 27.2 Å². The van der Waals surface area contributed by atoms with Crippen molar-refractivity contribution in [3.8, 4) is 0 Å². The second-order valence-electron chi connectivity index (χ2n) is 31.5. The second kappa shape index (κ2) is 139. The van der Waals surface area contributed by atoms with Gasteiger partial charge in [0.1, 0.15) is 6.61 Å². The summed E-state index contributed by atoms with van der Waals surface area (Å²) in [6.45, 7) is 50.4. The molecule has 150 heavy (non-hydrogen) atoms. The van der Waals surface area contributed by atoms with Gasteiger partial charge in [-0.3, -0.25) is 4.79 Å². The predicted molar refractivity (Wildman–Crippen MR) is 545 cm³/mol. The molecule has 0 rings (SSSR count). The first-order valence-electron chi connectivity index (χ1n) is 53.8. The topological polar surface area (TPSA) is 460 Å². The van der Waals surface area contributed by atoms with Gasteiger partial charge in [-0.2, -0.15) is 0 Å². The molecule has 49 heteroatoms. The minimum Gasteiger partial charge on any atom is -0.463 e. The molecule has 0 aliphatic carbocycles. The quantitative estimate of drug-likeness (QED) is 0.0623. The van der Waals surface area contributed by atoms with E-state index in [1.54, 1.807) is 7.11 Å². The molecule has 0 saturated carbocycles. The van der Waals surface area contributed by atoms with Crippen LogP contribution in [0.5, 0.6) is 0 Å². The van der Waals surface area contributed by atoms with Crippen molar-refractivity contribution < 1.29 is 232 Å². The van der Waals surface area contributed by atoms with Crippen LogP contribution >= 0.6 is 0 Å². The molecule has 0 unspecified atom stereocenters. The molecule has 0 bridgehead atoms. The van der Waals surface area contributed by atoms with E-state index >= 15 is 0 Å². The minimum absolute atomic E-state index is 0.209. The van der Waals surface area contributed by atoms with Crippen molar-refractivity contribution in [3.05, 3.63) is 0 Å². The molecule has 0 fully saturated rings. The maximum atomic E-state index is 11.9. The molecule has 900 valence electrons. The van der Waals surface area contributed by atoms with E-state index in [2.05, 4.69) is 0 Å². The first kappa shape index (κ1) is 148. The van der Waals surface area contributed by atoms with Crippen molar-refractivity contribution in [3.63, 3.8) is 0 Å². The highest BCUT2D eigenvalue weighted by Crippen LogP contribution is 2.21. The third-order valence-corrected chi connectivity index (χ3v) is 19.1. The van der Waals surface area contributed by atoms with Gasteiger partial charge in [0, 0.05) is 7.11 Å². The van der Waals surface area contributed by atoms with Crippen LogP contribution in [0.1, 0.15) is 27.2 Å². The minimum atomic E-state index is -0.472. The van der Waals surface area contributed by atoms with E-state index in [0.29, 0.717) is 614 Å². The molecule has 0 aromatic heterocycles. The van der Waals surface area contributed by atoms with E-state index in [4.69, 9.17) is 227 Å². The van der Waals surface area contributed by atoms with Crippen molar-refractivity contribution in [1.82, 2.24) is 0 Å². The molecule has 0 amide bonds. The number of esters is 1. The molecule has 0 heterocycles. The maximum absolute atomic E-state index is 11.9. The van der Waals surface area contributed by atoms with E-state index in [9.17, 15) is 4.79 Å². The zero-order valence-corrected chi connectivity index (χ0v) is 92.2. The molecule has 0 spiro atoms. The lowest BCUT2D eigenvalue weighted by Crippen LogP contribution is -2.27. The van der Waals surface area contributed by atoms with Gasteiger partial charge in [-0.1, -0.05) is 6.92 Å². The van der Waals surface area contributed by atoms with Crippen molar-refractivity contribution in [2.24, 2.45) is 5.41 Å². The van der Waals surface area contributed by atoms with Crippen molar-refractivity contribution in [1.29, 1.82) is 0 Å². The van der Waals surface area contributed by atoms with E-state index in [1.807, 2.05) is 20.8 Å². The lowest BCUT2D eigenvalue weighted by molar-refractivity contribution is -0.155. The van der Waals surface area contributed by atoms with E-state index in [1.165, 1.54) is 0 Å². The van der Waals surface area contributed by atoms with Crippen LogP contribution in [0.15, 0.2) is 0 Å². The summed E-state index contributed by atoms with van der Waals surface area (Å²) in [6, 6.07) is 0. The largest absolute Gasteiger partial charge is 0.463 e. The van der Waals surface area contributed by atoms with Gasteiger partial charge in [0.05, 0.1) is 620 Å². The van der Waals surface area contributed by atoms with E-state index < -0.39 is 5.41 Å². The standard InChI is InChI=1S/C101H202O49/c1-5-101(2,3)100(102)150-99-98-149-97-96-148-95-94-147-93-92-146-91-90-145-89-88-144-87-86-143-85-84-142-83-82-141-81-80-140-79-78-139-77-76-138-75-74-137-73-72-136-71-70-135-69-68-134-67-66-133-65-64-132-63-62-131-61-60-130-59-58-129-57-56-128-55-54-127-53-52-126-51-50-125-49-48-124-47-46-123-45-44-122-43-42-121-41-40-120-39-38-119-37-36-118-35-34-117-33-32-116-31-30-115-29-28-114-27-26-113-25-24-112-23-22-111-21-20-110-19-18-109-17-16-108-15-14-107-13-12-106-11-10-105-9-8-104-7-6-103-4/h5-99H2,1-4H3. The fourth-order valence-electron chi connectivity index (χ4n) is 10.7. The summed E-state index contributed by atoms with van der Waals surface area (Å²) in [4.78, 5) is 11.9. The molecule has 0 N–H and O–H groups in total. The molecule has 0 atom stereocenters. The lowest BCUT2D eigenvalue weighted by atomic mass is 9.91. The number of ether oxygens (including phenoxy) is 48. The van der Waals surface area contributed by atoms with Crippen LogP contribution in [-0.2, 0) is 232 Å². The number of methoxy groups -OCH3 is 1. The highest BCUT2D eigenvalue weighted by Gasteiger charge is 2.27. The van der Waals surface area contributed by atoms with Gasteiger partial charge in [0.25, 0.3) is 0 Å². The molecule has 0 aliphatic rings. The van der Waals surface area contributed by atoms with Gasteiger partial charge < -0.3 is 227 Å². The summed E-state index contributed by atoms with van der Waals surface area (Å²) in [5, 5.41) is 0. The normalized spacial score (nSPS) is 11.9. The monoisotopic (exact) mass is 2200 g/mol. The lowest BCUT2D eigenvalue weighted by Gasteiger charge is -2.20. The van der Waals surface area contributed by atoms with Crippen LogP contribution < -0.4 is 0 Å². The predicted octanol–water partition coefficient (Wildman–Crippen LogP) is 2.38. The Morgan fingerprint density at radius 1 is 0.113 bits per heavy atom. The molecule has 0 saturated heterocycles. The average Bonchev–Trinajstić information content (AvgIpc) is 0.896. The molecule has 0 radical (unpaired) electrons. The summed E-state index contributed by atoms with van der Waals surface area (Å²) < 4.78 is 264. The van der Waals surface area contributed by atoms with Gasteiger partial charge in [0.15, 0.2) is 0 Å². The Morgan fingerprint density at radius 3 is 0.233 bits per heavy atom. The van der Waals surface area contributed by atoms with Gasteiger partial charge in [0.2, 0.25) is 0 Å². The Labute approximate surface area is 895 Å². The van der Waals surface area contributed by atoms with Gasteiger partial charge in [-0.25, -0.2) is 0 Å². The van der Waals surface area contributed by atoms with E-state index in [-0.39, 0.29) is 12.6 Å². The summed E-state index contributed by atoms with van der Waals surface area (Å²) >= 11 is 0. The number of hydrogen-bond donors (Lipinski definition) is 0. The number of carbonyl (C=O) groups is 1. The molecule has 49 nitrogen and oxygen atoms in total. The van der Waals surface area contributed by atoms with Crippen LogP contribution in [0.2, 0.25) is 0 Å². The average molecular weight is 2200 g/mol. The number of carbonyl (C=O) groups excluding carboxylic acids is 1. The van der Waals surface area contributed by atoms with Gasteiger partial charge in [-0.05, 0) is 20.3 Å². The maximum Gasteiger partial charge on any atom is 0.311 e. The highest BCUT2D eigenvalue weighted by atomic mass is 16.7. The Balaban J connectivity index is 3.11. The third kappa shape index (κ3) is 136. The fourth-order valence-corrected chi connectivity index (χ4v) is 10.7. The smallest absolute Gasteiger partial charge is 0.311 e. The van der Waals surface area contributed by atoms with Gasteiger partial charge in [-0.15, -0.1) is 0 Å². The van der Waals surface area contributed by atoms with Crippen molar-refractivity contribution in [2.75, 3.05) is 628 Å². The Morgan fingerprint density at radius 2 is 0.173 bits per heavy atom. The van der Waals surface area contributed by atoms with E-state index in [0.717, 1.165) is 6.42 Å². The molecule has 0 aliphatic heterocycles. The van der Waals surface area contributed by atoms with Crippen molar-refractivity contribution >= 4 is 5.97 Å². The number of rotatable bonds is 143. The summed E-state index contributed by atoms with van der Waals surface area (Å²) in [5.41, 5.74) is -0.472. The first-order chi connectivity index (χ1) is 74.5. The van der Waals surface area contributed by atoms with Crippen LogP contribution in [0.4, 0.5) is 0 Å². The van der Waals surface area contributed by atoms with Crippen LogP contribution in [0.3, 0.4) is 0 Å². The van der Waals surface area contributed by atoms with Gasteiger partial charge >= 0.3 is 5.97 Å². The Hall–Kier alpha value is -2.41. The Kier molecular flexibility index (Phi) is 137. The molecule has 0 aromatic carbocycles. The Bertz CT molecular complexity index is 2150. The zero-order valence-electron chi connectivity index (χ0n) is 92.2. The van der Waals surface area contributed by atoms with Crippen LogP contribution in [0.25, 0.3) is 0 Å².